The molecule has 1 unspecified atom stereocenters. The molecule has 8 heavy (non-hydrogen) atoms. The van der Waals surface area contributed by atoms with E-state index in [1.165, 1.54) is 19.3 Å². The van der Waals surface area contributed by atoms with Crippen LogP contribution >= 0.6 is 0 Å². The van der Waals surface area contributed by atoms with Crippen molar-refractivity contribution >= 4 is 0 Å². The van der Waals surface area contributed by atoms with Crippen LogP contribution in [0, 0.1) is 11.8 Å². The Morgan fingerprint density at radius 3 is 2.62 bits per heavy atom. The molecule has 0 bridgehead atoms. The first-order valence-electron chi connectivity index (χ1n) is 3.55. The molecular weight excluding hydrogens is 100 g/mol. The maximum atomic E-state index is 5.41. The smallest absolute Gasteiger partial charge is 0.0947 e. The maximum Gasteiger partial charge on any atom is 0.0947 e. The summed E-state index contributed by atoms with van der Waals surface area (Å²) in [5, 5.41) is 0. The first-order valence-corrected chi connectivity index (χ1v) is 3.55. The lowest BCUT2D eigenvalue weighted by molar-refractivity contribution is 0.282. The van der Waals surface area contributed by atoms with E-state index in [1.807, 2.05) is 0 Å². The van der Waals surface area contributed by atoms with Crippen LogP contribution in [0.2, 0.25) is 0 Å². The quantitative estimate of drug-likeness (QED) is 0.427. The van der Waals surface area contributed by atoms with Crippen molar-refractivity contribution in [3.63, 3.8) is 0 Å². The Bertz CT molecular complexity index is 137. The number of rotatable bonds is 0. The fraction of sp³-hybridized carbons (Fsp3) is 1.00. The summed E-state index contributed by atoms with van der Waals surface area (Å²) in [5.74, 6) is 2.11. The lowest BCUT2D eigenvalue weighted by Gasteiger charge is -1.99. The number of ether oxygens (including phenoxy) is 1. The molecule has 3 fully saturated rings. The number of fused-ring (bicyclic) bond motifs is 2. The Balaban J connectivity index is 1.99. The van der Waals surface area contributed by atoms with Gasteiger partial charge in [-0.3, -0.25) is 0 Å². The SMILES string of the molecule is C1CC2(CO2)[C@@H]2C[C@H]12. The van der Waals surface area contributed by atoms with Crippen molar-refractivity contribution in [3.05, 3.63) is 0 Å². The Morgan fingerprint density at radius 2 is 2.38 bits per heavy atom. The second-order valence-corrected chi connectivity index (χ2v) is 3.49. The van der Waals surface area contributed by atoms with Gasteiger partial charge in [0.15, 0.2) is 0 Å². The highest BCUT2D eigenvalue weighted by Crippen LogP contribution is 2.64. The van der Waals surface area contributed by atoms with E-state index < -0.39 is 0 Å². The van der Waals surface area contributed by atoms with E-state index in [1.54, 1.807) is 0 Å². The molecule has 1 aliphatic heterocycles. The number of epoxide rings is 1. The average molecular weight is 110 g/mol. The van der Waals surface area contributed by atoms with Gasteiger partial charge >= 0.3 is 0 Å². The zero-order chi connectivity index (χ0) is 5.19. The third-order valence-corrected chi connectivity index (χ3v) is 3.05. The summed E-state index contributed by atoms with van der Waals surface area (Å²) in [5.41, 5.74) is 0.477. The number of hydrogen-bond donors (Lipinski definition) is 0. The van der Waals surface area contributed by atoms with Crippen LogP contribution in [-0.2, 0) is 4.74 Å². The number of hydrogen-bond acceptors (Lipinski definition) is 1. The Morgan fingerprint density at radius 1 is 1.50 bits per heavy atom. The first kappa shape index (κ1) is 3.89. The van der Waals surface area contributed by atoms with Crippen LogP contribution in [0.5, 0.6) is 0 Å². The van der Waals surface area contributed by atoms with Crippen molar-refractivity contribution < 1.29 is 4.74 Å². The first-order chi connectivity index (χ1) is 3.91. The van der Waals surface area contributed by atoms with Crippen molar-refractivity contribution in [1.29, 1.82) is 0 Å². The van der Waals surface area contributed by atoms with E-state index in [-0.39, 0.29) is 0 Å². The zero-order valence-electron chi connectivity index (χ0n) is 4.89. The third kappa shape index (κ3) is 0.278. The second-order valence-electron chi connectivity index (χ2n) is 3.49. The van der Waals surface area contributed by atoms with Gasteiger partial charge in [0.25, 0.3) is 0 Å². The molecular formula is C7H10O. The van der Waals surface area contributed by atoms with Crippen LogP contribution in [0.3, 0.4) is 0 Å². The summed E-state index contributed by atoms with van der Waals surface area (Å²) in [7, 11) is 0. The van der Waals surface area contributed by atoms with Crippen LogP contribution in [0.4, 0.5) is 0 Å². The van der Waals surface area contributed by atoms with E-state index in [4.69, 9.17) is 4.74 Å². The van der Waals surface area contributed by atoms with Crippen molar-refractivity contribution in [2.75, 3.05) is 6.61 Å². The summed E-state index contributed by atoms with van der Waals surface area (Å²) in [6.07, 6.45) is 4.33. The molecule has 1 nitrogen and oxygen atoms in total. The summed E-state index contributed by atoms with van der Waals surface area (Å²) in [6.45, 7) is 1.09. The molecule has 0 aromatic rings. The molecule has 0 radical (unpaired) electrons. The molecule has 1 spiro atoms. The van der Waals surface area contributed by atoms with Gasteiger partial charge in [0.1, 0.15) is 0 Å². The van der Waals surface area contributed by atoms with Gasteiger partial charge in [0.2, 0.25) is 0 Å². The lowest BCUT2D eigenvalue weighted by atomic mass is 10.1. The molecule has 44 valence electrons. The van der Waals surface area contributed by atoms with Crippen molar-refractivity contribution in [2.24, 2.45) is 11.8 Å². The summed E-state index contributed by atoms with van der Waals surface area (Å²) in [4.78, 5) is 0. The van der Waals surface area contributed by atoms with Crippen LogP contribution in [0.1, 0.15) is 19.3 Å². The van der Waals surface area contributed by atoms with Gasteiger partial charge in [-0.15, -0.1) is 0 Å². The maximum absolute atomic E-state index is 5.41. The minimum absolute atomic E-state index is 0.477. The molecule has 1 saturated heterocycles. The Labute approximate surface area is 49.0 Å². The van der Waals surface area contributed by atoms with E-state index in [2.05, 4.69) is 0 Å². The zero-order valence-corrected chi connectivity index (χ0v) is 4.89. The van der Waals surface area contributed by atoms with Crippen LogP contribution in [0.15, 0.2) is 0 Å². The molecule has 3 rings (SSSR count). The monoisotopic (exact) mass is 110 g/mol. The van der Waals surface area contributed by atoms with E-state index in [0.717, 1.165) is 18.4 Å². The Hall–Kier alpha value is -0.0400. The highest BCUT2D eigenvalue weighted by Gasteiger charge is 2.65. The summed E-state index contributed by atoms with van der Waals surface area (Å²) in [6, 6.07) is 0. The molecule has 2 saturated carbocycles. The van der Waals surface area contributed by atoms with Gasteiger partial charge in [-0.25, -0.2) is 0 Å². The van der Waals surface area contributed by atoms with Gasteiger partial charge in [-0.05, 0) is 31.1 Å². The normalized spacial score (nSPS) is 66.0. The van der Waals surface area contributed by atoms with Crippen LogP contribution in [-0.4, -0.2) is 12.2 Å². The molecule has 3 aliphatic rings. The fourth-order valence-corrected chi connectivity index (χ4v) is 2.28. The predicted octanol–water partition coefficient (Wildman–Crippen LogP) is 1.19. The summed E-state index contributed by atoms with van der Waals surface area (Å²) >= 11 is 0. The summed E-state index contributed by atoms with van der Waals surface area (Å²) < 4.78 is 5.41. The molecule has 2 aliphatic carbocycles. The van der Waals surface area contributed by atoms with E-state index >= 15 is 0 Å². The van der Waals surface area contributed by atoms with Gasteiger partial charge in [0, 0.05) is 0 Å². The van der Waals surface area contributed by atoms with Crippen LogP contribution < -0.4 is 0 Å². The highest BCUT2D eigenvalue weighted by molar-refractivity contribution is 5.14. The fourth-order valence-electron chi connectivity index (χ4n) is 2.28. The molecule has 0 N–H and O–H groups in total. The van der Waals surface area contributed by atoms with Crippen molar-refractivity contribution in [2.45, 2.75) is 24.9 Å². The minimum atomic E-state index is 0.477. The predicted molar refractivity (Wildman–Crippen MR) is 29.5 cm³/mol. The molecule has 0 aromatic heterocycles. The molecule has 1 heterocycles. The molecule has 0 amide bonds. The third-order valence-electron chi connectivity index (χ3n) is 3.05. The molecule has 0 aromatic carbocycles. The topological polar surface area (TPSA) is 12.5 Å². The van der Waals surface area contributed by atoms with Gasteiger partial charge in [0.05, 0.1) is 12.2 Å². The van der Waals surface area contributed by atoms with E-state index in [0.29, 0.717) is 5.60 Å². The van der Waals surface area contributed by atoms with Gasteiger partial charge < -0.3 is 4.74 Å². The standard InChI is InChI=1S/C7H10O/c1-2-7(4-8-7)6-3-5(1)6/h5-6H,1-4H2/t5-,6+,7?/m0/s1. The van der Waals surface area contributed by atoms with Gasteiger partial charge in [-0.1, -0.05) is 0 Å². The average Bonchev–Trinajstić information content (AvgIpc) is 2.46. The Kier molecular flexibility index (Phi) is 0.418. The second kappa shape index (κ2) is 0.860. The highest BCUT2D eigenvalue weighted by atomic mass is 16.6. The largest absolute Gasteiger partial charge is 0.369 e. The lowest BCUT2D eigenvalue weighted by Crippen LogP contribution is -2.07. The molecule has 3 atom stereocenters. The van der Waals surface area contributed by atoms with Crippen LogP contribution in [0.25, 0.3) is 0 Å². The molecule has 1 heteroatoms. The minimum Gasteiger partial charge on any atom is -0.369 e. The van der Waals surface area contributed by atoms with Crippen molar-refractivity contribution in [3.8, 4) is 0 Å². The van der Waals surface area contributed by atoms with E-state index in [9.17, 15) is 0 Å². The van der Waals surface area contributed by atoms with Gasteiger partial charge in [-0.2, -0.15) is 0 Å². The van der Waals surface area contributed by atoms with Crippen molar-refractivity contribution in [1.82, 2.24) is 0 Å².